The number of ether oxygens (including phenoxy) is 3. The standard InChI is InChI=1S/C16H12BrClO4/c17-12-3-1-10(2-4-12)7-15(19)20-8-11-5-13(18)16-14(6-11)21-9-22-16/h1-6H,7-9H2. The molecule has 6 heteroatoms. The van der Waals surface area contributed by atoms with Crippen LogP contribution in [-0.2, 0) is 22.6 Å². The van der Waals surface area contributed by atoms with Crippen LogP contribution >= 0.6 is 27.5 Å². The lowest BCUT2D eigenvalue weighted by Crippen LogP contribution is -2.08. The molecule has 3 rings (SSSR count). The van der Waals surface area contributed by atoms with Gasteiger partial charge in [-0.15, -0.1) is 0 Å². The second-order valence-corrected chi connectivity index (χ2v) is 6.10. The molecule has 22 heavy (non-hydrogen) atoms. The minimum atomic E-state index is -0.295. The average molecular weight is 384 g/mol. The number of esters is 1. The molecule has 114 valence electrons. The fraction of sp³-hybridized carbons (Fsp3) is 0.188. The number of halogens is 2. The van der Waals surface area contributed by atoms with Crippen LogP contribution in [0.2, 0.25) is 5.02 Å². The molecule has 2 aromatic carbocycles. The Bertz CT molecular complexity index is 700. The highest BCUT2D eigenvalue weighted by Crippen LogP contribution is 2.39. The Morgan fingerprint density at radius 1 is 1.18 bits per heavy atom. The van der Waals surface area contributed by atoms with Gasteiger partial charge in [0, 0.05) is 4.47 Å². The molecule has 0 amide bonds. The molecule has 0 unspecified atom stereocenters. The number of carbonyl (C=O) groups is 1. The van der Waals surface area contributed by atoms with Crippen molar-refractivity contribution < 1.29 is 19.0 Å². The van der Waals surface area contributed by atoms with Gasteiger partial charge in [0.25, 0.3) is 0 Å². The van der Waals surface area contributed by atoms with Crippen molar-refractivity contribution in [1.82, 2.24) is 0 Å². The second kappa shape index (κ2) is 6.58. The Labute approximate surface area is 141 Å². The molecule has 1 aliphatic rings. The van der Waals surface area contributed by atoms with E-state index in [0.717, 1.165) is 15.6 Å². The van der Waals surface area contributed by atoms with E-state index in [9.17, 15) is 4.79 Å². The summed E-state index contributed by atoms with van der Waals surface area (Å²) >= 11 is 9.44. The van der Waals surface area contributed by atoms with Gasteiger partial charge in [-0.2, -0.15) is 0 Å². The lowest BCUT2D eigenvalue weighted by atomic mass is 10.1. The Kier molecular flexibility index (Phi) is 4.55. The van der Waals surface area contributed by atoms with Gasteiger partial charge in [0.05, 0.1) is 11.4 Å². The monoisotopic (exact) mass is 382 g/mol. The highest BCUT2D eigenvalue weighted by atomic mass is 79.9. The van der Waals surface area contributed by atoms with Gasteiger partial charge >= 0.3 is 5.97 Å². The van der Waals surface area contributed by atoms with Crippen molar-refractivity contribution in [3.63, 3.8) is 0 Å². The van der Waals surface area contributed by atoms with E-state index in [1.54, 1.807) is 12.1 Å². The van der Waals surface area contributed by atoms with Crippen molar-refractivity contribution in [3.8, 4) is 11.5 Å². The Balaban J connectivity index is 1.59. The first-order valence-electron chi connectivity index (χ1n) is 6.60. The third kappa shape index (κ3) is 3.54. The molecule has 2 aromatic rings. The van der Waals surface area contributed by atoms with Crippen LogP contribution in [0.15, 0.2) is 40.9 Å². The van der Waals surface area contributed by atoms with Gasteiger partial charge in [0.2, 0.25) is 6.79 Å². The van der Waals surface area contributed by atoms with E-state index in [1.165, 1.54) is 0 Å². The smallest absolute Gasteiger partial charge is 0.310 e. The maximum atomic E-state index is 11.9. The zero-order valence-electron chi connectivity index (χ0n) is 11.5. The highest BCUT2D eigenvalue weighted by molar-refractivity contribution is 9.10. The van der Waals surface area contributed by atoms with Gasteiger partial charge < -0.3 is 14.2 Å². The molecule has 0 fully saturated rings. The van der Waals surface area contributed by atoms with Crippen molar-refractivity contribution in [3.05, 3.63) is 57.0 Å². The van der Waals surface area contributed by atoms with E-state index < -0.39 is 0 Å². The van der Waals surface area contributed by atoms with Crippen LogP contribution in [0, 0.1) is 0 Å². The number of rotatable bonds is 4. The summed E-state index contributed by atoms with van der Waals surface area (Å²) in [6, 6.07) is 11.0. The van der Waals surface area contributed by atoms with Gasteiger partial charge in [0.1, 0.15) is 6.61 Å². The molecule has 0 spiro atoms. The normalized spacial score (nSPS) is 12.3. The van der Waals surface area contributed by atoms with Crippen LogP contribution in [-0.4, -0.2) is 12.8 Å². The van der Waals surface area contributed by atoms with Crippen molar-refractivity contribution in [2.75, 3.05) is 6.79 Å². The zero-order chi connectivity index (χ0) is 15.5. The molecule has 1 aliphatic heterocycles. The van der Waals surface area contributed by atoms with Crippen molar-refractivity contribution in [1.29, 1.82) is 0 Å². The quantitative estimate of drug-likeness (QED) is 0.745. The largest absolute Gasteiger partial charge is 0.461 e. The Hall–Kier alpha value is -1.72. The average Bonchev–Trinajstić information content (AvgIpc) is 2.97. The second-order valence-electron chi connectivity index (χ2n) is 4.78. The SMILES string of the molecule is O=C(Cc1ccc(Br)cc1)OCc1cc(Cl)c2c(c1)OCO2. The lowest BCUT2D eigenvalue weighted by Gasteiger charge is -2.07. The van der Waals surface area contributed by atoms with Crippen LogP contribution in [0.4, 0.5) is 0 Å². The summed E-state index contributed by atoms with van der Waals surface area (Å²) in [7, 11) is 0. The van der Waals surface area contributed by atoms with Gasteiger partial charge in [-0.25, -0.2) is 0 Å². The van der Waals surface area contributed by atoms with Gasteiger partial charge in [-0.3, -0.25) is 4.79 Å². The van der Waals surface area contributed by atoms with E-state index in [2.05, 4.69) is 15.9 Å². The molecule has 1 heterocycles. The first-order valence-corrected chi connectivity index (χ1v) is 7.77. The number of hydrogen-bond donors (Lipinski definition) is 0. The maximum absolute atomic E-state index is 11.9. The van der Waals surface area contributed by atoms with Crippen LogP contribution in [0.3, 0.4) is 0 Å². The number of benzene rings is 2. The minimum Gasteiger partial charge on any atom is -0.461 e. The molecule has 0 saturated heterocycles. The van der Waals surface area contributed by atoms with Gasteiger partial charge in [-0.05, 0) is 35.4 Å². The highest BCUT2D eigenvalue weighted by Gasteiger charge is 2.18. The number of hydrogen-bond acceptors (Lipinski definition) is 4. The van der Waals surface area contributed by atoms with E-state index in [4.69, 9.17) is 25.8 Å². The summed E-state index contributed by atoms with van der Waals surface area (Å²) in [5.74, 6) is 0.814. The van der Waals surface area contributed by atoms with E-state index >= 15 is 0 Å². The summed E-state index contributed by atoms with van der Waals surface area (Å²) in [6.45, 7) is 0.299. The third-order valence-corrected chi connectivity index (χ3v) is 3.96. The predicted molar refractivity (Wildman–Crippen MR) is 85.2 cm³/mol. The van der Waals surface area contributed by atoms with E-state index in [1.807, 2.05) is 24.3 Å². The number of carbonyl (C=O) groups excluding carboxylic acids is 1. The molecule has 4 nitrogen and oxygen atoms in total. The fourth-order valence-corrected chi connectivity index (χ4v) is 2.64. The van der Waals surface area contributed by atoms with Crippen molar-refractivity contribution in [2.45, 2.75) is 13.0 Å². The minimum absolute atomic E-state index is 0.145. The third-order valence-electron chi connectivity index (χ3n) is 3.15. The molecule has 0 atom stereocenters. The van der Waals surface area contributed by atoms with E-state index in [0.29, 0.717) is 16.5 Å². The van der Waals surface area contributed by atoms with Gasteiger partial charge in [0.15, 0.2) is 11.5 Å². The summed E-state index contributed by atoms with van der Waals surface area (Å²) in [4.78, 5) is 11.9. The lowest BCUT2D eigenvalue weighted by molar-refractivity contribution is -0.144. The fourth-order valence-electron chi connectivity index (χ4n) is 2.09. The Morgan fingerprint density at radius 3 is 2.73 bits per heavy atom. The van der Waals surface area contributed by atoms with Crippen LogP contribution in [0.25, 0.3) is 0 Å². The molecular formula is C16H12BrClO4. The summed E-state index contributed by atoms with van der Waals surface area (Å²) < 4.78 is 16.8. The first-order chi connectivity index (χ1) is 10.6. The van der Waals surface area contributed by atoms with Gasteiger partial charge in [-0.1, -0.05) is 39.7 Å². The van der Waals surface area contributed by atoms with Crippen molar-refractivity contribution >= 4 is 33.5 Å². The molecule has 0 saturated carbocycles. The maximum Gasteiger partial charge on any atom is 0.310 e. The zero-order valence-corrected chi connectivity index (χ0v) is 13.8. The molecule has 0 N–H and O–H groups in total. The topological polar surface area (TPSA) is 44.8 Å². The van der Waals surface area contributed by atoms with Crippen LogP contribution in [0.1, 0.15) is 11.1 Å². The summed E-state index contributed by atoms with van der Waals surface area (Å²) in [5, 5.41) is 0.453. The molecule has 0 radical (unpaired) electrons. The number of fused-ring (bicyclic) bond motifs is 1. The molecular weight excluding hydrogens is 372 g/mol. The predicted octanol–water partition coefficient (Wildman–Crippen LogP) is 4.12. The van der Waals surface area contributed by atoms with Crippen LogP contribution in [0.5, 0.6) is 11.5 Å². The molecule has 0 bridgehead atoms. The summed E-state index contributed by atoms with van der Waals surface area (Å²) in [5.41, 5.74) is 1.66. The summed E-state index contributed by atoms with van der Waals surface area (Å²) in [6.07, 6.45) is 0.228. The van der Waals surface area contributed by atoms with Crippen molar-refractivity contribution in [2.24, 2.45) is 0 Å². The van der Waals surface area contributed by atoms with E-state index in [-0.39, 0.29) is 25.8 Å². The molecule has 0 aromatic heterocycles. The first kappa shape index (κ1) is 15.2. The van der Waals surface area contributed by atoms with Crippen LogP contribution < -0.4 is 9.47 Å². The molecule has 0 aliphatic carbocycles. The Morgan fingerprint density at radius 2 is 1.95 bits per heavy atom.